The Morgan fingerprint density at radius 1 is 1.53 bits per heavy atom. The largest absolute Gasteiger partial charge is 0.461 e. The van der Waals surface area contributed by atoms with E-state index >= 15 is 0 Å². The van der Waals surface area contributed by atoms with Gasteiger partial charge in [-0.2, -0.15) is 11.8 Å². The van der Waals surface area contributed by atoms with E-state index in [4.69, 9.17) is 10.5 Å². The summed E-state index contributed by atoms with van der Waals surface area (Å²) >= 11 is 1.85. The molecule has 0 saturated carbocycles. The van der Waals surface area contributed by atoms with Gasteiger partial charge in [-0.25, -0.2) is 4.79 Å². The van der Waals surface area contributed by atoms with Crippen LogP contribution in [-0.4, -0.2) is 28.6 Å². The number of nitrogens with two attached hydrogens (primary N) is 1. The molecule has 0 aromatic carbocycles. The number of carbonyl (C=O) groups excluding carboxylic acids is 1. The van der Waals surface area contributed by atoms with Crippen LogP contribution in [0.25, 0.3) is 0 Å². The Balaban J connectivity index is 2.41. The lowest BCUT2D eigenvalue weighted by atomic mass is 10.4. The van der Waals surface area contributed by atoms with Crippen LogP contribution in [0.1, 0.15) is 30.8 Å². The topological polar surface area (TPSA) is 57.2 Å². The van der Waals surface area contributed by atoms with Crippen molar-refractivity contribution in [3.8, 4) is 0 Å². The Morgan fingerprint density at radius 2 is 2.29 bits per heavy atom. The maximum Gasteiger partial charge on any atom is 0.355 e. The average molecular weight is 256 g/mol. The van der Waals surface area contributed by atoms with Gasteiger partial charge in [0.25, 0.3) is 0 Å². The summed E-state index contributed by atoms with van der Waals surface area (Å²) in [6, 6.07) is 1.66. The van der Waals surface area contributed by atoms with Crippen molar-refractivity contribution in [2.75, 3.05) is 23.8 Å². The molecule has 0 aliphatic heterocycles. The molecule has 0 spiro atoms. The monoisotopic (exact) mass is 256 g/mol. The fourth-order valence-electron chi connectivity index (χ4n) is 1.51. The van der Waals surface area contributed by atoms with Crippen molar-refractivity contribution in [3.63, 3.8) is 0 Å². The molecule has 1 rings (SSSR count). The third kappa shape index (κ3) is 4.34. The Kier molecular flexibility index (Phi) is 5.97. The van der Waals surface area contributed by atoms with Gasteiger partial charge in [-0.05, 0) is 30.9 Å². The third-order valence-electron chi connectivity index (χ3n) is 2.34. The van der Waals surface area contributed by atoms with Gasteiger partial charge in [0.2, 0.25) is 0 Å². The SMILES string of the molecule is CCSCCCOC(=O)c1cc(N)cn1CC. The van der Waals surface area contributed by atoms with Crippen molar-refractivity contribution < 1.29 is 9.53 Å². The summed E-state index contributed by atoms with van der Waals surface area (Å²) in [5, 5.41) is 0. The maximum atomic E-state index is 11.8. The third-order valence-corrected chi connectivity index (χ3v) is 3.32. The molecule has 1 aromatic heterocycles. The summed E-state index contributed by atoms with van der Waals surface area (Å²) in [5.74, 6) is 1.84. The molecule has 0 atom stereocenters. The first-order chi connectivity index (χ1) is 8.19. The number of hydrogen-bond acceptors (Lipinski definition) is 4. The standard InChI is InChI=1S/C12H20N2O2S/c1-3-14-9-10(13)8-11(14)12(15)16-6-5-7-17-4-2/h8-9H,3-7,13H2,1-2H3. The lowest BCUT2D eigenvalue weighted by molar-refractivity contribution is 0.0494. The zero-order valence-corrected chi connectivity index (χ0v) is 11.3. The minimum absolute atomic E-state index is 0.287. The quantitative estimate of drug-likeness (QED) is 0.601. The number of ether oxygens (including phenoxy) is 1. The number of rotatable bonds is 7. The van der Waals surface area contributed by atoms with Crippen molar-refractivity contribution >= 4 is 23.4 Å². The van der Waals surface area contributed by atoms with Crippen LogP contribution in [-0.2, 0) is 11.3 Å². The second-order valence-corrected chi connectivity index (χ2v) is 5.02. The summed E-state index contributed by atoms with van der Waals surface area (Å²) < 4.78 is 7.01. The zero-order chi connectivity index (χ0) is 12.7. The molecule has 0 aliphatic rings. The summed E-state index contributed by atoms with van der Waals surface area (Å²) in [4.78, 5) is 11.8. The Morgan fingerprint density at radius 3 is 2.94 bits per heavy atom. The second kappa shape index (κ2) is 7.27. The molecule has 5 heteroatoms. The van der Waals surface area contributed by atoms with E-state index in [1.807, 2.05) is 18.7 Å². The van der Waals surface area contributed by atoms with Gasteiger partial charge in [-0.1, -0.05) is 6.92 Å². The lowest BCUT2D eigenvalue weighted by Gasteiger charge is -2.06. The number of hydrogen-bond donors (Lipinski definition) is 1. The molecule has 0 unspecified atom stereocenters. The van der Waals surface area contributed by atoms with Crippen LogP contribution < -0.4 is 5.73 Å². The van der Waals surface area contributed by atoms with Crippen LogP contribution in [0.15, 0.2) is 12.3 Å². The summed E-state index contributed by atoms with van der Waals surface area (Å²) in [6.07, 6.45) is 2.65. The predicted octanol–water partition coefficient (Wildman–Crippen LogP) is 2.39. The molecular formula is C12H20N2O2S. The van der Waals surface area contributed by atoms with Gasteiger partial charge in [-0.3, -0.25) is 0 Å². The number of aromatic nitrogens is 1. The average Bonchev–Trinajstić information content (AvgIpc) is 2.70. The van der Waals surface area contributed by atoms with Crippen molar-refractivity contribution in [1.29, 1.82) is 0 Å². The summed E-state index contributed by atoms with van der Waals surface area (Å²) in [6.45, 7) is 5.27. The van der Waals surface area contributed by atoms with Crippen LogP contribution in [0.3, 0.4) is 0 Å². The van der Waals surface area contributed by atoms with Gasteiger partial charge >= 0.3 is 5.97 Å². The highest BCUT2D eigenvalue weighted by molar-refractivity contribution is 7.99. The molecule has 96 valence electrons. The van der Waals surface area contributed by atoms with Gasteiger partial charge in [0, 0.05) is 12.7 Å². The van der Waals surface area contributed by atoms with E-state index in [2.05, 4.69) is 6.92 Å². The van der Waals surface area contributed by atoms with Crippen molar-refractivity contribution in [2.45, 2.75) is 26.8 Å². The molecular weight excluding hydrogens is 236 g/mol. The van der Waals surface area contributed by atoms with Crippen LogP contribution in [0, 0.1) is 0 Å². The van der Waals surface area contributed by atoms with Gasteiger partial charge in [0.15, 0.2) is 0 Å². The molecule has 0 fully saturated rings. The summed E-state index contributed by atoms with van der Waals surface area (Å²) in [5.41, 5.74) is 6.79. The molecule has 1 aromatic rings. The first kappa shape index (κ1) is 14.0. The molecule has 2 N–H and O–H groups in total. The highest BCUT2D eigenvalue weighted by atomic mass is 32.2. The minimum Gasteiger partial charge on any atom is -0.461 e. The number of thioether (sulfide) groups is 1. The van der Waals surface area contributed by atoms with Crippen LogP contribution in [0.2, 0.25) is 0 Å². The number of nitrogens with zero attached hydrogens (tertiary/aromatic N) is 1. The summed E-state index contributed by atoms with van der Waals surface area (Å²) in [7, 11) is 0. The van der Waals surface area contributed by atoms with E-state index in [1.54, 1.807) is 16.8 Å². The van der Waals surface area contributed by atoms with Gasteiger partial charge in [-0.15, -0.1) is 0 Å². The van der Waals surface area contributed by atoms with E-state index in [-0.39, 0.29) is 5.97 Å². The number of nitrogen functional groups attached to an aromatic ring is 1. The van der Waals surface area contributed by atoms with Crippen LogP contribution in [0.5, 0.6) is 0 Å². The number of esters is 1. The molecule has 0 aliphatic carbocycles. The Labute approximate surface area is 107 Å². The van der Waals surface area contributed by atoms with Crippen molar-refractivity contribution in [2.24, 2.45) is 0 Å². The zero-order valence-electron chi connectivity index (χ0n) is 10.4. The van der Waals surface area contributed by atoms with E-state index in [9.17, 15) is 4.79 Å². The maximum absolute atomic E-state index is 11.8. The number of carbonyl (C=O) groups is 1. The lowest BCUT2D eigenvalue weighted by Crippen LogP contribution is -2.12. The highest BCUT2D eigenvalue weighted by Crippen LogP contribution is 2.12. The van der Waals surface area contributed by atoms with Crippen molar-refractivity contribution in [3.05, 3.63) is 18.0 Å². The fraction of sp³-hybridized carbons (Fsp3) is 0.583. The van der Waals surface area contributed by atoms with Gasteiger partial charge < -0.3 is 15.0 Å². The number of anilines is 1. The molecule has 0 radical (unpaired) electrons. The molecule has 1 heterocycles. The van der Waals surface area contributed by atoms with E-state index in [0.717, 1.165) is 17.9 Å². The van der Waals surface area contributed by atoms with E-state index < -0.39 is 0 Å². The normalized spacial score (nSPS) is 10.5. The van der Waals surface area contributed by atoms with Crippen LogP contribution in [0.4, 0.5) is 5.69 Å². The van der Waals surface area contributed by atoms with E-state index in [1.165, 1.54) is 0 Å². The van der Waals surface area contributed by atoms with Gasteiger partial charge in [0.05, 0.1) is 12.3 Å². The first-order valence-corrected chi connectivity index (χ1v) is 7.05. The van der Waals surface area contributed by atoms with Gasteiger partial charge in [0.1, 0.15) is 5.69 Å². The molecule has 17 heavy (non-hydrogen) atoms. The molecule has 4 nitrogen and oxygen atoms in total. The predicted molar refractivity (Wildman–Crippen MR) is 72.4 cm³/mol. The Bertz CT molecular complexity index is 363. The molecule has 0 saturated heterocycles. The minimum atomic E-state index is -0.287. The molecule has 0 amide bonds. The molecule has 0 bridgehead atoms. The number of aryl methyl sites for hydroxylation is 1. The fourth-order valence-corrected chi connectivity index (χ4v) is 2.12. The highest BCUT2D eigenvalue weighted by Gasteiger charge is 2.13. The van der Waals surface area contributed by atoms with Crippen molar-refractivity contribution in [1.82, 2.24) is 4.57 Å². The van der Waals surface area contributed by atoms with Crippen LogP contribution >= 0.6 is 11.8 Å². The second-order valence-electron chi connectivity index (χ2n) is 3.63. The van der Waals surface area contributed by atoms with E-state index in [0.29, 0.717) is 24.5 Å². The smallest absolute Gasteiger partial charge is 0.355 e. The first-order valence-electron chi connectivity index (χ1n) is 5.89. The Hall–Kier alpha value is -1.10.